The molecule has 1 rings (SSSR count). The van der Waals surface area contributed by atoms with Crippen LogP contribution in [-0.4, -0.2) is 19.6 Å². The summed E-state index contributed by atoms with van der Waals surface area (Å²) < 4.78 is 0. The molecule has 0 aliphatic heterocycles. The molecule has 2 nitrogen and oxygen atoms in total. The van der Waals surface area contributed by atoms with Crippen molar-refractivity contribution in [2.24, 2.45) is 5.41 Å². The third-order valence-electron chi connectivity index (χ3n) is 2.89. The molecule has 0 atom stereocenters. The smallest absolute Gasteiger partial charge is 0.0471 e. The molecule has 0 bridgehead atoms. The lowest BCUT2D eigenvalue weighted by atomic mass is 9.96. The van der Waals surface area contributed by atoms with E-state index in [-0.39, 0.29) is 5.41 Å². The molecule has 0 saturated carbocycles. The summed E-state index contributed by atoms with van der Waals surface area (Å²) in [4.78, 5) is 2.26. The molecule has 19 heavy (non-hydrogen) atoms. The lowest BCUT2D eigenvalue weighted by Gasteiger charge is -2.28. The van der Waals surface area contributed by atoms with E-state index >= 15 is 0 Å². The highest BCUT2D eigenvalue weighted by Gasteiger charge is 2.14. The van der Waals surface area contributed by atoms with Crippen LogP contribution in [0, 0.1) is 5.41 Å². The van der Waals surface area contributed by atoms with Gasteiger partial charge in [-0.3, -0.25) is 0 Å². The zero-order valence-electron chi connectivity index (χ0n) is 13.0. The van der Waals surface area contributed by atoms with Crippen LogP contribution in [0.3, 0.4) is 0 Å². The zero-order chi connectivity index (χ0) is 14.6. The van der Waals surface area contributed by atoms with Gasteiger partial charge in [0.15, 0.2) is 0 Å². The van der Waals surface area contributed by atoms with Crippen molar-refractivity contribution in [2.45, 2.75) is 47.2 Å². The molecule has 3 heteroatoms. The van der Waals surface area contributed by atoms with Crippen LogP contribution in [0.1, 0.15) is 40.2 Å². The Morgan fingerprint density at radius 1 is 1.26 bits per heavy atom. The van der Waals surface area contributed by atoms with Crippen LogP contribution in [0.2, 0.25) is 5.02 Å². The van der Waals surface area contributed by atoms with Crippen molar-refractivity contribution in [1.82, 2.24) is 5.32 Å². The van der Waals surface area contributed by atoms with E-state index in [1.54, 1.807) is 0 Å². The second-order valence-electron chi connectivity index (χ2n) is 6.73. The van der Waals surface area contributed by atoms with Gasteiger partial charge < -0.3 is 10.2 Å². The fourth-order valence-electron chi connectivity index (χ4n) is 2.03. The highest BCUT2D eigenvalue weighted by atomic mass is 35.5. The van der Waals surface area contributed by atoms with Gasteiger partial charge in [-0.05, 0) is 23.1 Å². The molecule has 0 unspecified atom stereocenters. The molecule has 0 radical (unpaired) electrons. The lowest BCUT2D eigenvalue weighted by molar-refractivity contribution is 0.419. The normalized spacial score (nSPS) is 12.0. The first kappa shape index (κ1) is 16.3. The number of hydrogen-bond donors (Lipinski definition) is 1. The Bertz CT molecular complexity index is 408. The predicted molar refractivity (Wildman–Crippen MR) is 86.2 cm³/mol. The third kappa shape index (κ3) is 5.84. The third-order valence-corrected chi connectivity index (χ3v) is 3.24. The number of nitrogens with zero attached hydrogens (tertiary/aromatic N) is 1. The Kier molecular flexibility index (Phi) is 5.69. The van der Waals surface area contributed by atoms with Gasteiger partial charge in [-0.25, -0.2) is 0 Å². The second-order valence-corrected chi connectivity index (χ2v) is 7.14. The first-order chi connectivity index (χ1) is 8.69. The fraction of sp³-hybridized carbons (Fsp3) is 0.625. The van der Waals surface area contributed by atoms with E-state index in [9.17, 15) is 0 Å². The Labute approximate surface area is 123 Å². The zero-order valence-corrected chi connectivity index (χ0v) is 13.8. The molecule has 0 fully saturated rings. The Hall–Kier alpha value is -0.730. The van der Waals surface area contributed by atoms with Crippen LogP contribution < -0.4 is 10.2 Å². The molecule has 0 heterocycles. The monoisotopic (exact) mass is 282 g/mol. The molecule has 0 amide bonds. The van der Waals surface area contributed by atoms with E-state index < -0.39 is 0 Å². The quantitative estimate of drug-likeness (QED) is 0.865. The van der Waals surface area contributed by atoms with E-state index in [2.05, 4.69) is 70.1 Å². The van der Waals surface area contributed by atoms with Crippen molar-refractivity contribution < 1.29 is 0 Å². The standard InChI is InChI=1S/C16H27ClN2/c1-12(2)18-10-13-7-8-14(9-15(13)17)19(6)11-16(3,4)5/h7-9,12,18H,10-11H2,1-6H3. The molecular weight excluding hydrogens is 256 g/mol. The van der Waals surface area contributed by atoms with Gasteiger partial charge in [0, 0.05) is 36.9 Å². The second kappa shape index (κ2) is 6.62. The van der Waals surface area contributed by atoms with Crippen molar-refractivity contribution in [3.8, 4) is 0 Å². The minimum absolute atomic E-state index is 0.277. The maximum Gasteiger partial charge on any atom is 0.0471 e. The molecule has 108 valence electrons. The summed E-state index contributed by atoms with van der Waals surface area (Å²) in [6.45, 7) is 12.8. The van der Waals surface area contributed by atoms with Gasteiger partial charge >= 0.3 is 0 Å². The average molecular weight is 283 g/mol. The van der Waals surface area contributed by atoms with Crippen LogP contribution in [0.5, 0.6) is 0 Å². The van der Waals surface area contributed by atoms with Gasteiger partial charge in [0.25, 0.3) is 0 Å². The lowest BCUT2D eigenvalue weighted by Crippen LogP contribution is -2.29. The van der Waals surface area contributed by atoms with Crippen LogP contribution in [-0.2, 0) is 6.54 Å². The maximum absolute atomic E-state index is 6.36. The first-order valence-corrected chi connectivity index (χ1v) is 7.30. The van der Waals surface area contributed by atoms with E-state index in [1.807, 2.05) is 0 Å². The van der Waals surface area contributed by atoms with Gasteiger partial charge in [-0.2, -0.15) is 0 Å². The molecule has 1 aromatic carbocycles. The summed E-state index contributed by atoms with van der Waals surface area (Å²) in [6, 6.07) is 6.80. The molecule has 0 saturated heterocycles. The minimum Gasteiger partial charge on any atom is -0.374 e. The van der Waals surface area contributed by atoms with E-state index in [1.165, 1.54) is 5.69 Å². The van der Waals surface area contributed by atoms with Crippen molar-refractivity contribution >= 4 is 17.3 Å². The number of benzene rings is 1. The molecule has 0 aliphatic carbocycles. The number of hydrogen-bond acceptors (Lipinski definition) is 2. The highest BCUT2D eigenvalue weighted by molar-refractivity contribution is 6.31. The van der Waals surface area contributed by atoms with Crippen LogP contribution >= 0.6 is 11.6 Å². The van der Waals surface area contributed by atoms with Gasteiger partial charge in [-0.1, -0.05) is 52.3 Å². The summed E-state index contributed by atoms with van der Waals surface area (Å²) >= 11 is 6.36. The van der Waals surface area contributed by atoms with Crippen LogP contribution in [0.15, 0.2) is 18.2 Å². The number of halogens is 1. The van der Waals surface area contributed by atoms with E-state index in [4.69, 9.17) is 11.6 Å². The highest BCUT2D eigenvalue weighted by Crippen LogP contribution is 2.25. The fourth-order valence-corrected chi connectivity index (χ4v) is 2.28. The average Bonchev–Trinajstić information content (AvgIpc) is 2.24. The Balaban J connectivity index is 2.76. The minimum atomic E-state index is 0.277. The summed E-state index contributed by atoms with van der Waals surface area (Å²) in [5.41, 5.74) is 2.61. The topological polar surface area (TPSA) is 15.3 Å². The van der Waals surface area contributed by atoms with Gasteiger partial charge in [0.1, 0.15) is 0 Å². The van der Waals surface area contributed by atoms with Gasteiger partial charge in [0.05, 0.1) is 0 Å². The van der Waals surface area contributed by atoms with E-state index in [0.29, 0.717) is 6.04 Å². The van der Waals surface area contributed by atoms with Crippen molar-refractivity contribution in [3.63, 3.8) is 0 Å². The molecular formula is C16H27ClN2. The predicted octanol–water partition coefficient (Wildman–Crippen LogP) is 4.32. The van der Waals surface area contributed by atoms with Crippen molar-refractivity contribution in [1.29, 1.82) is 0 Å². The molecule has 0 spiro atoms. The summed E-state index contributed by atoms with van der Waals surface area (Å²) in [5, 5.41) is 4.23. The molecule has 0 aliphatic rings. The first-order valence-electron chi connectivity index (χ1n) is 6.92. The van der Waals surface area contributed by atoms with Gasteiger partial charge in [-0.15, -0.1) is 0 Å². The maximum atomic E-state index is 6.36. The van der Waals surface area contributed by atoms with Crippen molar-refractivity contribution in [2.75, 3.05) is 18.5 Å². The van der Waals surface area contributed by atoms with Crippen molar-refractivity contribution in [3.05, 3.63) is 28.8 Å². The number of nitrogens with one attached hydrogen (secondary N) is 1. The summed E-state index contributed by atoms with van der Waals surface area (Å²) in [5.74, 6) is 0. The number of anilines is 1. The largest absolute Gasteiger partial charge is 0.374 e. The molecule has 1 aromatic rings. The van der Waals surface area contributed by atoms with Crippen LogP contribution in [0.25, 0.3) is 0 Å². The Morgan fingerprint density at radius 3 is 2.37 bits per heavy atom. The van der Waals surface area contributed by atoms with E-state index in [0.717, 1.165) is 23.7 Å². The SMILES string of the molecule is CC(C)NCc1ccc(N(C)CC(C)(C)C)cc1Cl. The molecule has 0 aromatic heterocycles. The van der Waals surface area contributed by atoms with Gasteiger partial charge in [0.2, 0.25) is 0 Å². The Morgan fingerprint density at radius 2 is 1.89 bits per heavy atom. The number of rotatable bonds is 5. The summed E-state index contributed by atoms with van der Waals surface area (Å²) in [6.07, 6.45) is 0. The van der Waals surface area contributed by atoms with Crippen LogP contribution in [0.4, 0.5) is 5.69 Å². The summed E-state index contributed by atoms with van der Waals surface area (Å²) in [7, 11) is 2.11. The molecule has 1 N–H and O–H groups in total.